The standard InChI is InChI=1S/C17H24N2O2.ClH/c1-13-8-10-14(11-9-13)17(20)21-18-16-7-5-4-6-15(16)12-19(2)3;/h8-11,15H,4-7,12H2,1-3H3;1H/b18-16-;. The van der Waals surface area contributed by atoms with Gasteiger partial charge in [-0.15, -0.1) is 12.4 Å². The molecule has 1 aromatic carbocycles. The minimum atomic E-state index is -0.378. The van der Waals surface area contributed by atoms with E-state index in [1.807, 2.05) is 19.1 Å². The van der Waals surface area contributed by atoms with Crippen LogP contribution in [0.25, 0.3) is 0 Å². The van der Waals surface area contributed by atoms with Gasteiger partial charge in [0, 0.05) is 12.5 Å². The van der Waals surface area contributed by atoms with Crippen molar-refractivity contribution in [1.82, 2.24) is 4.90 Å². The Hall–Kier alpha value is -1.39. The highest BCUT2D eigenvalue weighted by atomic mass is 35.5. The number of hydrogen-bond donors (Lipinski definition) is 0. The van der Waals surface area contributed by atoms with Crippen LogP contribution in [0.5, 0.6) is 0 Å². The zero-order valence-electron chi connectivity index (χ0n) is 13.5. The zero-order valence-corrected chi connectivity index (χ0v) is 14.4. The number of aryl methyl sites for hydroxylation is 1. The number of carbonyl (C=O) groups is 1. The Balaban J connectivity index is 0.00000242. The molecule has 1 saturated carbocycles. The van der Waals surface area contributed by atoms with Crippen LogP contribution in [0.15, 0.2) is 29.4 Å². The van der Waals surface area contributed by atoms with Crippen LogP contribution in [0.1, 0.15) is 41.6 Å². The quantitative estimate of drug-likeness (QED) is 0.626. The summed E-state index contributed by atoms with van der Waals surface area (Å²) in [6.45, 7) is 2.95. The maximum absolute atomic E-state index is 12.0. The normalized spacial score (nSPS) is 19.8. The molecule has 0 radical (unpaired) electrons. The van der Waals surface area contributed by atoms with Crippen molar-refractivity contribution in [3.8, 4) is 0 Å². The van der Waals surface area contributed by atoms with Crippen LogP contribution in [-0.2, 0) is 4.84 Å². The summed E-state index contributed by atoms with van der Waals surface area (Å²) in [6.07, 6.45) is 4.41. The third kappa shape index (κ3) is 5.43. The second-order valence-corrected chi connectivity index (χ2v) is 6.03. The number of oxime groups is 1. The number of carbonyl (C=O) groups excluding carboxylic acids is 1. The summed E-state index contributed by atoms with van der Waals surface area (Å²) < 4.78 is 0. The molecule has 5 heteroatoms. The molecule has 4 nitrogen and oxygen atoms in total. The lowest BCUT2D eigenvalue weighted by Crippen LogP contribution is -2.30. The Kier molecular flexibility index (Phi) is 7.56. The number of nitrogens with zero attached hydrogens (tertiary/aromatic N) is 2. The lowest BCUT2D eigenvalue weighted by molar-refractivity contribution is 0.0511. The molecule has 22 heavy (non-hydrogen) atoms. The molecule has 1 unspecified atom stereocenters. The molecular formula is C17H25ClN2O2. The van der Waals surface area contributed by atoms with Gasteiger partial charge in [0.2, 0.25) is 0 Å². The molecule has 0 N–H and O–H groups in total. The summed E-state index contributed by atoms with van der Waals surface area (Å²) in [5.74, 6) is 0.0243. The van der Waals surface area contributed by atoms with Crippen LogP contribution >= 0.6 is 12.4 Å². The SMILES string of the molecule is Cc1ccc(C(=O)O/N=C2/CCCCC2CN(C)C)cc1.Cl. The minimum Gasteiger partial charge on any atom is -0.313 e. The number of benzene rings is 1. The van der Waals surface area contributed by atoms with Crippen molar-refractivity contribution in [3.63, 3.8) is 0 Å². The summed E-state index contributed by atoms with van der Waals surface area (Å²) in [4.78, 5) is 19.3. The monoisotopic (exact) mass is 324 g/mol. The number of halogens is 1. The molecule has 1 aromatic rings. The van der Waals surface area contributed by atoms with Gasteiger partial charge in [0.25, 0.3) is 0 Å². The fourth-order valence-electron chi connectivity index (χ4n) is 2.67. The lowest BCUT2D eigenvalue weighted by atomic mass is 9.87. The van der Waals surface area contributed by atoms with Crippen LogP contribution in [-0.4, -0.2) is 37.2 Å². The zero-order chi connectivity index (χ0) is 15.2. The molecule has 1 fully saturated rings. The minimum absolute atomic E-state index is 0. The number of rotatable bonds is 4. The van der Waals surface area contributed by atoms with Gasteiger partial charge in [-0.3, -0.25) is 0 Å². The third-order valence-corrected chi connectivity index (χ3v) is 3.83. The molecule has 1 aliphatic carbocycles. The summed E-state index contributed by atoms with van der Waals surface area (Å²) >= 11 is 0. The molecule has 1 aliphatic rings. The Morgan fingerprint density at radius 3 is 2.59 bits per heavy atom. The highest BCUT2D eigenvalue weighted by Crippen LogP contribution is 2.22. The van der Waals surface area contributed by atoms with E-state index in [0.717, 1.165) is 37.1 Å². The maximum Gasteiger partial charge on any atom is 0.365 e. The molecule has 1 atom stereocenters. The molecule has 0 saturated heterocycles. The Morgan fingerprint density at radius 1 is 1.27 bits per heavy atom. The van der Waals surface area contributed by atoms with Crippen molar-refractivity contribution in [2.24, 2.45) is 11.1 Å². The van der Waals surface area contributed by atoms with E-state index < -0.39 is 0 Å². The van der Waals surface area contributed by atoms with E-state index in [4.69, 9.17) is 4.84 Å². The first-order valence-corrected chi connectivity index (χ1v) is 7.56. The molecule has 0 amide bonds. The Labute approximate surface area is 138 Å². The summed E-state index contributed by atoms with van der Waals surface area (Å²) in [6, 6.07) is 7.35. The smallest absolute Gasteiger partial charge is 0.313 e. The van der Waals surface area contributed by atoms with Gasteiger partial charge in [-0.1, -0.05) is 29.3 Å². The van der Waals surface area contributed by atoms with E-state index >= 15 is 0 Å². The molecule has 122 valence electrons. The summed E-state index contributed by atoms with van der Waals surface area (Å²) in [7, 11) is 4.12. The van der Waals surface area contributed by atoms with Crippen LogP contribution in [0.3, 0.4) is 0 Å². The largest absolute Gasteiger partial charge is 0.365 e. The number of hydrogen-bond acceptors (Lipinski definition) is 4. The average molecular weight is 325 g/mol. The van der Waals surface area contributed by atoms with Gasteiger partial charge >= 0.3 is 5.97 Å². The first-order chi connectivity index (χ1) is 10.1. The van der Waals surface area contributed by atoms with Crippen LogP contribution in [0, 0.1) is 12.8 Å². The van der Waals surface area contributed by atoms with Crippen molar-refractivity contribution in [1.29, 1.82) is 0 Å². The second kappa shape index (κ2) is 8.91. The highest BCUT2D eigenvalue weighted by Gasteiger charge is 2.22. The van der Waals surface area contributed by atoms with E-state index in [2.05, 4.69) is 24.2 Å². The second-order valence-electron chi connectivity index (χ2n) is 6.03. The lowest BCUT2D eigenvalue weighted by Gasteiger charge is -2.25. The first-order valence-electron chi connectivity index (χ1n) is 7.56. The molecule has 0 aliphatic heterocycles. The van der Waals surface area contributed by atoms with E-state index in [-0.39, 0.29) is 18.4 Å². The van der Waals surface area contributed by atoms with Gasteiger partial charge in [0.1, 0.15) is 0 Å². The van der Waals surface area contributed by atoms with Crippen LogP contribution in [0.2, 0.25) is 0 Å². The van der Waals surface area contributed by atoms with Crippen molar-refractivity contribution >= 4 is 24.1 Å². The van der Waals surface area contributed by atoms with E-state index in [1.165, 1.54) is 6.42 Å². The van der Waals surface area contributed by atoms with Gasteiger partial charge in [0.15, 0.2) is 0 Å². The van der Waals surface area contributed by atoms with Gasteiger partial charge in [0.05, 0.1) is 11.3 Å². The molecule has 2 rings (SSSR count). The summed E-state index contributed by atoms with van der Waals surface area (Å²) in [5.41, 5.74) is 2.69. The Bertz CT molecular complexity index is 512. The topological polar surface area (TPSA) is 41.9 Å². The first kappa shape index (κ1) is 18.7. The fraction of sp³-hybridized carbons (Fsp3) is 0.529. The third-order valence-electron chi connectivity index (χ3n) is 3.83. The predicted octanol–water partition coefficient (Wildman–Crippen LogP) is 3.68. The molecule has 0 spiro atoms. The molecule has 0 heterocycles. The molecule has 0 aromatic heterocycles. The van der Waals surface area contributed by atoms with Crippen LogP contribution < -0.4 is 0 Å². The van der Waals surface area contributed by atoms with Gasteiger partial charge in [-0.25, -0.2) is 4.79 Å². The average Bonchev–Trinajstić information content (AvgIpc) is 2.46. The van der Waals surface area contributed by atoms with Gasteiger partial charge in [-0.05, 0) is 52.4 Å². The molecular weight excluding hydrogens is 300 g/mol. The van der Waals surface area contributed by atoms with Gasteiger partial charge < -0.3 is 9.74 Å². The van der Waals surface area contributed by atoms with Crippen molar-refractivity contribution in [2.75, 3.05) is 20.6 Å². The fourth-order valence-corrected chi connectivity index (χ4v) is 2.67. The highest BCUT2D eigenvalue weighted by molar-refractivity contribution is 5.91. The molecule has 0 bridgehead atoms. The summed E-state index contributed by atoms with van der Waals surface area (Å²) in [5, 5.41) is 4.16. The van der Waals surface area contributed by atoms with Crippen molar-refractivity contribution in [2.45, 2.75) is 32.6 Å². The Morgan fingerprint density at radius 2 is 1.95 bits per heavy atom. The van der Waals surface area contributed by atoms with Gasteiger partial charge in [-0.2, -0.15) is 0 Å². The van der Waals surface area contributed by atoms with Crippen molar-refractivity contribution in [3.05, 3.63) is 35.4 Å². The van der Waals surface area contributed by atoms with E-state index in [9.17, 15) is 4.79 Å². The van der Waals surface area contributed by atoms with Crippen LogP contribution in [0.4, 0.5) is 0 Å². The predicted molar refractivity (Wildman–Crippen MR) is 91.8 cm³/mol. The van der Waals surface area contributed by atoms with Crippen molar-refractivity contribution < 1.29 is 9.63 Å². The van der Waals surface area contributed by atoms with E-state index in [0.29, 0.717) is 11.5 Å². The maximum atomic E-state index is 12.0. The van der Waals surface area contributed by atoms with E-state index in [1.54, 1.807) is 12.1 Å².